The van der Waals surface area contributed by atoms with Crippen molar-refractivity contribution in [2.75, 3.05) is 0 Å². The topological polar surface area (TPSA) is 43.6 Å². The van der Waals surface area contributed by atoms with E-state index in [4.69, 9.17) is 11.6 Å². The second-order valence-corrected chi connectivity index (χ2v) is 4.37. The Morgan fingerprint density at radius 2 is 2.06 bits per heavy atom. The van der Waals surface area contributed by atoms with Gasteiger partial charge in [0.25, 0.3) is 0 Å². The molecule has 0 atom stereocenters. The van der Waals surface area contributed by atoms with E-state index in [-0.39, 0.29) is 0 Å². The van der Waals surface area contributed by atoms with E-state index in [0.29, 0.717) is 5.28 Å². The van der Waals surface area contributed by atoms with E-state index < -0.39 is 0 Å². The maximum Gasteiger partial charge on any atom is 0.224 e. The minimum absolute atomic E-state index is 0.420. The molecular weight excluding hydrogens is 248 g/mol. The van der Waals surface area contributed by atoms with E-state index in [9.17, 15) is 0 Å². The van der Waals surface area contributed by atoms with Gasteiger partial charge in [-0.1, -0.05) is 24.3 Å². The fraction of sp³-hybridized carbons (Fsp3) is 0.154. The Balaban J connectivity index is 1.89. The summed E-state index contributed by atoms with van der Waals surface area (Å²) in [5.41, 5.74) is 2.25. The Labute approximate surface area is 109 Å². The number of benzene rings is 1. The van der Waals surface area contributed by atoms with Gasteiger partial charge in [-0.3, -0.25) is 4.98 Å². The molecule has 0 bridgehead atoms. The lowest BCUT2D eigenvalue weighted by Crippen LogP contribution is -2.01. The number of hydrogen-bond acceptors (Lipinski definition) is 3. The van der Waals surface area contributed by atoms with Gasteiger partial charge in [0.1, 0.15) is 6.33 Å². The summed E-state index contributed by atoms with van der Waals surface area (Å²) in [6.07, 6.45) is 4.31. The van der Waals surface area contributed by atoms with Gasteiger partial charge in [0.15, 0.2) is 0 Å². The molecule has 0 N–H and O–H groups in total. The molecule has 0 radical (unpaired) electrons. The average Bonchev–Trinajstić information content (AvgIpc) is 2.82. The number of fused-ring (bicyclic) bond motifs is 1. The predicted molar refractivity (Wildman–Crippen MR) is 70.5 cm³/mol. The normalized spacial score (nSPS) is 10.9. The van der Waals surface area contributed by atoms with Crippen LogP contribution in [0.5, 0.6) is 0 Å². The molecule has 3 aromatic rings. The SMILES string of the molecule is Clc1nncn1CCc1cccc2cccnc12. The Morgan fingerprint density at radius 3 is 2.89 bits per heavy atom. The highest BCUT2D eigenvalue weighted by Crippen LogP contribution is 2.17. The highest BCUT2D eigenvalue weighted by molar-refractivity contribution is 6.28. The molecule has 0 saturated heterocycles. The van der Waals surface area contributed by atoms with Gasteiger partial charge in [-0.2, -0.15) is 0 Å². The monoisotopic (exact) mass is 258 g/mol. The van der Waals surface area contributed by atoms with Gasteiger partial charge in [-0.05, 0) is 29.7 Å². The minimum Gasteiger partial charge on any atom is -0.304 e. The zero-order chi connectivity index (χ0) is 12.4. The first-order chi connectivity index (χ1) is 8.84. The molecule has 1 aromatic carbocycles. The summed E-state index contributed by atoms with van der Waals surface area (Å²) in [6.45, 7) is 0.752. The van der Waals surface area contributed by atoms with Crippen LogP contribution in [0, 0.1) is 0 Å². The molecule has 2 heterocycles. The average molecular weight is 259 g/mol. The van der Waals surface area contributed by atoms with Crippen molar-refractivity contribution in [3.63, 3.8) is 0 Å². The van der Waals surface area contributed by atoms with Crippen LogP contribution in [0.4, 0.5) is 0 Å². The highest BCUT2D eigenvalue weighted by Gasteiger charge is 2.04. The lowest BCUT2D eigenvalue weighted by Gasteiger charge is -2.06. The van der Waals surface area contributed by atoms with Crippen LogP contribution < -0.4 is 0 Å². The van der Waals surface area contributed by atoms with Crippen LogP contribution >= 0.6 is 11.6 Å². The zero-order valence-corrected chi connectivity index (χ0v) is 10.4. The molecule has 0 amide bonds. The third kappa shape index (κ3) is 2.07. The van der Waals surface area contributed by atoms with E-state index >= 15 is 0 Å². The number of nitrogens with zero attached hydrogens (tertiary/aromatic N) is 4. The first-order valence-corrected chi connectivity index (χ1v) is 6.08. The Bertz CT molecular complexity index is 672. The number of hydrogen-bond donors (Lipinski definition) is 0. The standard InChI is InChI=1S/C13H11ClN4/c14-13-17-16-9-18(13)8-6-11-4-1-3-10-5-2-7-15-12(10)11/h1-5,7,9H,6,8H2. The molecule has 4 nitrogen and oxygen atoms in total. The molecule has 18 heavy (non-hydrogen) atoms. The predicted octanol–water partition coefficient (Wildman–Crippen LogP) is 2.72. The van der Waals surface area contributed by atoms with Crippen LogP contribution in [0.3, 0.4) is 0 Å². The lowest BCUT2D eigenvalue weighted by molar-refractivity contribution is 0.696. The van der Waals surface area contributed by atoms with Gasteiger partial charge in [-0.15, -0.1) is 10.2 Å². The molecule has 5 heteroatoms. The van der Waals surface area contributed by atoms with Crippen molar-refractivity contribution in [1.29, 1.82) is 0 Å². The van der Waals surface area contributed by atoms with Crippen molar-refractivity contribution in [2.24, 2.45) is 0 Å². The molecule has 90 valence electrons. The second kappa shape index (κ2) is 4.74. The van der Waals surface area contributed by atoms with Crippen molar-refractivity contribution in [2.45, 2.75) is 13.0 Å². The number of halogens is 1. The fourth-order valence-corrected chi connectivity index (χ4v) is 2.17. The van der Waals surface area contributed by atoms with Gasteiger partial charge in [0.05, 0.1) is 5.52 Å². The number of pyridine rings is 1. The molecular formula is C13H11ClN4. The van der Waals surface area contributed by atoms with Crippen LogP contribution in [0.1, 0.15) is 5.56 Å². The van der Waals surface area contributed by atoms with E-state index in [1.807, 2.05) is 22.9 Å². The summed E-state index contributed by atoms with van der Waals surface area (Å²) in [5, 5.41) is 9.09. The lowest BCUT2D eigenvalue weighted by atomic mass is 10.1. The first-order valence-electron chi connectivity index (χ1n) is 5.70. The molecule has 0 aliphatic rings. The second-order valence-electron chi connectivity index (χ2n) is 4.04. The zero-order valence-electron chi connectivity index (χ0n) is 9.62. The summed E-state index contributed by atoms with van der Waals surface area (Å²) >= 11 is 5.90. The summed E-state index contributed by atoms with van der Waals surface area (Å²) in [5.74, 6) is 0. The molecule has 0 spiro atoms. The number of rotatable bonds is 3. The Kier molecular flexibility index (Phi) is 2.94. The van der Waals surface area contributed by atoms with Crippen LogP contribution in [-0.4, -0.2) is 19.7 Å². The third-order valence-electron chi connectivity index (χ3n) is 2.91. The summed E-state index contributed by atoms with van der Waals surface area (Å²) in [6, 6.07) is 10.2. The van der Waals surface area contributed by atoms with Gasteiger partial charge < -0.3 is 4.57 Å². The summed E-state index contributed by atoms with van der Waals surface area (Å²) in [4.78, 5) is 4.43. The molecule has 0 aliphatic heterocycles. The molecule has 0 unspecified atom stereocenters. The maximum absolute atomic E-state index is 5.90. The van der Waals surface area contributed by atoms with Crippen LogP contribution in [0.25, 0.3) is 10.9 Å². The first kappa shape index (κ1) is 11.2. The molecule has 0 fully saturated rings. The van der Waals surface area contributed by atoms with Gasteiger partial charge in [-0.25, -0.2) is 0 Å². The summed E-state index contributed by atoms with van der Waals surface area (Å²) in [7, 11) is 0. The van der Waals surface area contributed by atoms with Crippen molar-refractivity contribution in [3.8, 4) is 0 Å². The largest absolute Gasteiger partial charge is 0.304 e. The molecule has 0 saturated carbocycles. The maximum atomic E-state index is 5.90. The minimum atomic E-state index is 0.420. The van der Waals surface area contributed by atoms with Crippen molar-refractivity contribution in [1.82, 2.24) is 19.7 Å². The van der Waals surface area contributed by atoms with Crippen LogP contribution in [-0.2, 0) is 13.0 Å². The Hall–Kier alpha value is -1.94. The van der Waals surface area contributed by atoms with Crippen molar-refractivity contribution >= 4 is 22.5 Å². The van der Waals surface area contributed by atoms with E-state index in [2.05, 4.69) is 33.4 Å². The van der Waals surface area contributed by atoms with Crippen LogP contribution in [0.2, 0.25) is 5.28 Å². The third-order valence-corrected chi connectivity index (χ3v) is 3.20. The smallest absolute Gasteiger partial charge is 0.224 e. The van der Waals surface area contributed by atoms with E-state index in [1.54, 1.807) is 6.33 Å². The van der Waals surface area contributed by atoms with Gasteiger partial charge >= 0.3 is 0 Å². The van der Waals surface area contributed by atoms with Gasteiger partial charge in [0.2, 0.25) is 5.28 Å². The number of aryl methyl sites for hydroxylation is 2. The highest BCUT2D eigenvalue weighted by atomic mass is 35.5. The fourth-order valence-electron chi connectivity index (χ4n) is 2.00. The molecule has 2 aromatic heterocycles. The van der Waals surface area contributed by atoms with Crippen molar-refractivity contribution in [3.05, 3.63) is 53.7 Å². The summed E-state index contributed by atoms with van der Waals surface area (Å²) < 4.78 is 1.82. The van der Waals surface area contributed by atoms with Crippen LogP contribution in [0.15, 0.2) is 42.9 Å². The van der Waals surface area contributed by atoms with E-state index in [1.165, 1.54) is 5.56 Å². The molecule has 3 rings (SSSR count). The van der Waals surface area contributed by atoms with Crippen molar-refractivity contribution < 1.29 is 0 Å². The van der Waals surface area contributed by atoms with E-state index in [0.717, 1.165) is 23.9 Å². The number of para-hydroxylation sites is 1. The Morgan fingerprint density at radius 1 is 1.17 bits per heavy atom. The van der Waals surface area contributed by atoms with Gasteiger partial charge in [0, 0.05) is 18.1 Å². The number of aromatic nitrogens is 4. The quantitative estimate of drug-likeness (QED) is 0.726. The molecule has 0 aliphatic carbocycles.